The predicted molar refractivity (Wildman–Crippen MR) is 78.5 cm³/mol. The van der Waals surface area contributed by atoms with Gasteiger partial charge in [0.15, 0.2) is 5.60 Å². The number of primary amides is 1. The van der Waals surface area contributed by atoms with Crippen molar-refractivity contribution in [1.29, 1.82) is 0 Å². The molecule has 1 atom stereocenters. The smallest absolute Gasteiger partial charge is 0.261 e. The fourth-order valence-electron chi connectivity index (χ4n) is 3.03. The Kier molecular flexibility index (Phi) is 3.52. The summed E-state index contributed by atoms with van der Waals surface area (Å²) < 4.78 is 5.39. The molecule has 1 aromatic heterocycles. The number of carbonyl (C=O) groups is 2. The molecule has 2 heterocycles. The van der Waals surface area contributed by atoms with Crippen molar-refractivity contribution in [3.8, 4) is 0 Å². The van der Waals surface area contributed by atoms with E-state index in [4.69, 9.17) is 10.5 Å². The summed E-state index contributed by atoms with van der Waals surface area (Å²) in [6.45, 7) is 2.16. The number of fused-ring (bicyclic) bond motifs is 1. The van der Waals surface area contributed by atoms with Gasteiger partial charge in [-0.15, -0.1) is 0 Å². The highest BCUT2D eigenvalue weighted by atomic mass is 16.5. The van der Waals surface area contributed by atoms with Crippen LogP contribution >= 0.6 is 0 Å². The van der Waals surface area contributed by atoms with Gasteiger partial charge in [0.2, 0.25) is 0 Å². The number of hydrogen-bond acceptors (Lipinski definition) is 4. The number of ether oxygens (including phenoxy) is 1. The van der Waals surface area contributed by atoms with E-state index in [-0.39, 0.29) is 30.2 Å². The molecular weight excluding hydrogens is 286 g/mol. The number of rotatable bonds is 2. The molecule has 0 bridgehead atoms. The van der Waals surface area contributed by atoms with Crippen LogP contribution < -0.4 is 11.3 Å². The molecule has 0 unspecified atom stereocenters. The first-order chi connectivity index (χ1) is 10.4. The summed E-state index contributed by atoms with van der Waals surface area (Å²) in [5.74, 6) is -1.00. The molecule has 0 aromatic carbocycles. The minimum Gasteiger partial charge on any atom is -0.367 e. The Labute approximate surface area is 127 Å². The number of carbonyl (C=O) groups excluding carboxylic acids is 2. The van der Waals surface area contributed by atoms with Crippen LogP contribution in [0.15, 0.2) is 10.9 Å². The lowest BCUT2D eigenvalue weighted by atomic mass is 10.0. The minimum atomic E-state index is -1.21. The van der Waals surface area contributed by atoms with Crippen LogP contribution in [-0.2, 0) is 22.4 Å². The zero-order valence-corrected chi connectivity index (χ0v) is 12.5. The number of nitrogens with zero attached hydrogens (tertiary/aromatic N) is 1. The molecule has 3 N–H and O–H groups in total. The third kappa shape index (κ3) is 2.41. The van der Waals surface area contributed by atoms with Crippen LogP contribution in [0.25, 0.3) is 0 Å². The summed E-state index contributed by atoms with van der Waals surface area (Å²) in [5, 5.41) is 0. The van der Waals surface area contributed by atoms with Crippen molar-refractivity contribution in [2.75, 3.05) is 19.7 Å². The number of morpholine rings is 1. The Hall–Kier alpha value is -2.15. The first-order valence-electron chi connectivity index (χ1n) is 7.39. The van der Waals surface area contributed by atoms with E-state index in [1.54, 1.807) is 13.0 Å². The number of aryl methyl sites for hydroxylation is 2. The monoisotopic (exact) mass is 305 g/mol. The molecule has 118 valence electrons. The maximum Gasteiger partial charge on any atom is 0.261 e. The van der Waals surface area contributed by atoms with Gasteiger partial charge in [-0.2, -0.15) is 0 Å². The Balaban J connectivity index is 1.88. The van der Waals surface area contributed by atoms with Crippen molar-refractivity contribution in [2.24, 2.45) is 5.73 Å². The summed E-state index contributed by atoms with van der Waals surface area (Å²) in [7, 11) is 0. The van der Waals surface area contributed by atoms with Crippen molar-refractivity contribution in [3.05, 3.63) is 33.2 Å². The highest BCUT2D eigenvalue weighted by Crippen LogP contribution is 2.21. The molecule has 2 amide bonds. The van der Waals surface area contributed by atoms with E-state index in [2.05, 4.69) is 4.98 Å². The Morgan fingerprint density at radius 3 is 2.91 bits per heavy atom. The van der Waals surface area contributed by atoms with E-state index in [1.807, 2.05) is 0 Å². The highest BCUT2D eigenvalue weighted by molar-refractivity contribution is 5.95. The first kappa shape index (κ1) is 14.8. The van der Waals surface area contributed by atoms with Crippen molar-refractivity contribution >= 4 is 11.8 Å². The number of nitrogens with one attached hydrogen (secondary N) is 1. The van der Waals surface area contributed by atoms with Gasteiger partial charge in [0.1, 0.15) is 5.56 Å². The molecule has 7 heteroatoms. The molecular formula is C15H19N3O4. The zero-order chi connectivity index (χ0) is 15.9. The van der Waals surface area contributed by atoms with Gasteiger partial charge < -0.3 is 20.4 Å². The van der Waals surface area contributed by atoms with Gasteiger partial charge >= 0.3 is 0 Å². The van der Waals surface area contributed by atoms with Crippen molar-refractivity contribution < 1.29 is 14.3 Å². The van der Waals surface area contributed by atoms with Gasteiger partial charge in [0, 0.05) is 12.2 Å². The van der Waals surface area contributed by atoms with Gasteiger partial charge in [-0.3, -0.25) is 14.4 Å². The molecule has 0 radical (unpaired) electrons. The highest BCUT2D eigenvalue weighted by Gasteiger charge is 2.39. The predicted octanol–water partition coefficient (Wildman–Crippen LogP) is -0.420. The van der Waals surface area contributed by atoms with E-state index in [0.29, 0.717) is 6.54 Å². The summed E-state index contributed by atoms with van der Waals surface area (Å²) in [5.41, 5.74) is 5.81. The fourth-order valence-corrected chi connectivity index (χ4v) is 3.03. The first-order valence-corrected chi connectivity index (χ1v) is 7.39. The van der Waals surface area contributed by atoms with Crippen LogP contribution in [-0.4, -0.2) is 47.0 Å². The summed E-state index contributed by atoms with van der Waals surface area (Å²) in [4.78, 5) is 40.5. The van der Waals surface area contributed by atoms with Crippen molar-refractivity contribution in [3.63, 3.8) is 0 Å². The molecule has 2 aliphatic rings. The van der Waals surface area contributed by atoms with E-state index >= 15 is 0 Å². The van der Waals surface area contributed by atoms with Crippen LogP contribution in [0.3, 0.4) is 0 Å². The largest absolute Gasteiger partial charge is 0.367 e. The second-order valence-electron chi connectivity index (χ2n) is 6.04. The van der Waals surface area contributed by atoms with Gasteiger partial charge in [-0.05, 0) is 37.8 Å². The van der Waals surface area contributed by atoms with E-state index in [0.717, 1.165) is 30.5 Å². The lowest BCUT2D eigenvalue weighted by Gasteiger charge is -2.38. The Morgan fingerprint density at radius 1 is 1.41 bits per heavy atom. The van der Waals surface area contributed by atoms with Crippen LogP contribution in [0.2, 0.25) is 0 Å². The fraction of sp³-hybridized carbons (Fsp3) is 0.533. The third-order valence-corrected chi connectivity index (χ3v) is 4.40. The molecule has 1 aliphatic carbocycles. The van der Waals surface area contributed by atoms with Crippen LogP contribution in [0.5, 0.6) is 0 Å². The molecule has 7 nitrogen and oxygen atoms in total. The van der Waals surface area contributed by atoms with Crippen molar-refractivity contribution in [2.45, 2.75) is 31.8 Å². The maximum absolute atomic E-state index is 12.6. The SMILES string of the molecule is C[C@]1(C(N)=O)CN(C(=O)c2cc3c([nH]c2=O)CCC3)CCO1. The average molecular weight is 305 g/mol. The molecule has 0 spiro atoms. The molecule has 1 saturated heterocycles. The summed E-state index contributed by atoms with van der Waals surface area (Å²) in [6.07, 6.45) is 2.70. The number of pyridine rings is 1. The second kappa shape index (κ2) is 5.24. The van der Waals surface area contributed by atoms with Crippen molar-refractivity contribution in [1.82, 2.24) is 9.88 Å². The number of nitrogens with two attached hydrogens (primary N) is 1. The van der Waals surface area contributed by atoms with Gasteiger partial charge in [-0.25, -0.2) is 0 Å². The van der Waals surface area contributed by atoms with E-state index < -0.39 is 11.5 Å². The number of H-pyrrole nitrogens is 1. The topological polar surface area (TPSA) is 105 Å². The van der Waals surface area contributed by atoms with E-state index in [1.165, 1.54) is 4.90 Å². The maximum atomic E-state index is 12.6. The Morgan fingerprint density at radius 2 is 2.18 bits per heavy atom. The normalized spacial score (nSPS) is 24.1. The molecule has 1 aliphatic heterocycles. The molecule has 1 fully saturated rings. The Bertz CT molecular complexity index is 697. The summed E-state index contributed by atoms with van der Waals surface area (Å²) >= 11 is 0. The molecule has 1 aromatic rings. The molecule has 22 heavy (non-hydrogen) atoms. The van der Waals surface area contributed by atoms with Crippen LogP contribution in [0.4, 0.5) is 0 Å². The number of aromatic nitrogens is 1. The van der Waals surface area contributed by atoms with E-state index in [9.17, 15) is 14.4 Å². The summed E-state index contributed by atoms with van der Waals surface area (Å²) in [6, 6.07) is 1.68. The number of amides is 2. The number of aromatic amines is 1. The molecule has 0 saturated carbocycles. The third-order valence-electron chi connectivity index (χ3n) is 4.40. The van der Waals surface area contributed by atoms with Crippen LogP contribution in [0.1, 0.15) is 35.0 Å². The lowest BCUT2D eigenvalue weighted by molar-refractivity contribution is -0.150. The molecule has 3 rings (SSSR count). The van der Waals surface area contributed by atoms with Gasteiger partial charge in [0.25, 0.3) is 17.4 Å². The average Bonchev–Trinajstić information content (AvgIpc) is 2.92. The second-order valence-corrected chi connectivity index (χ2v) is 6.04. The number of hydrogen-bond donors (Lipinski definition) is 2. The standard InChI is InChI=1S/C15H19N3O4/c1-15(14(16)21)8-18(5-6-22-15)13(20)10-7-9-3-2-4-11(9)17-12(10)19/h7H,2-6,8H2,1H3,(H2,16,21)(H,17,19)/t15-/m1/s1. The van der Waals surface area contributed by atoms with Gasteiger partial charge in [-0.1, -0.05) is 0 Å². The van der Waals surface area contributed by atoms with Crippen LogP contribution in [0, 0.1) is 0 Å². The van der Waals surface area contributed by atoms with Gasteiger partial charge in [0.05, 0.1) is 13.2 Å². The zero-order valence-electron chi connectivity index (χ0n) is 12.5. The lowest BCUT2D eigenvalue weighted by Crippen LogP contribution is -2.58. The quantitative estimate of drug-likeness (QED) is 0.774. The minimum absolute atomic E-state index is 0.0533.